The number of esters is 1. The van der Waals surface area contributed by atoms with Crippen molar-refractivity contribution in [3.8, 4) is 6.07 Å². The van der Waals surface area contributed by atoms with E-state index in [2.05, 4.69) is 6.07 Å². The zero-order valence-corrected chi connectivity index (χ0v) is 15.7. The van der Waals surface area contributed by atoms with Crippen LogP contribution in [0.4, 0.5) is 5.69 Å². The lowest BCUT2D eigenvalue weighted by Gasteiger charge is -2.22. The van der Waals surface area contributed by atoms with E-state index >= 15 is 0 Å². The lowest BCUT2D eigenvalue weighted by Crippen LogP contribution is -2.33. The highest BCUT2D eigenvalue weighted by Gasteiger charge is 2.56. The molecule has 2 aromatic rings. The molecular weight excluding hydrogens is 368 g/mol. The van der Waals surface area contributed by atoms with Crippen molar-refractivity contribution >= 4 is 23.5 Å². The van der Waals surface area contributed by atoms with Gasteiger partial charge >= 0.3 is 5.97 Å². The molecule has 2 aliphatic rings. The second-order valence-electron chi connectivity index (χ2n) is 6.95. The third kappa shape index (κ3) is 3.01. The highest BCUT2D eigenvalue weighted by molar-refractivity contribution is 6.24. The Morgan fingerprint density at radius 1 is 1.07 bits per heavy atom. The Hall–Kier alpha value is -3.72. The van der Waals surface area contributed by atoms with Crippen molar-refractivity contribution in [2.75, 3.05) is 11.5 Å². The van der Waals surface area contributed by atoms with Gasteiger partial charge < -0.3 is 4.74 Å². The van der Waals surface area contributed by atoms with Gasteiger partial charge in [0.05, 0.1) is 35.8 Å². The third-order valence-corrected chi connectivity index (χ3v) is 5.38. The van der Waals surface area contributed by atoms with Crippen LogP contribution in [0.15, 0.2) is 66.2 Å². The third-order valence-electron chi connectivity index (χ3n) is 5.38. The van der Waals surface area contributed by atoms with E-state index in [-0.39, 0.29) is 18.4 Å². The summed E-state index contributed by atoms with van der Waals surface area (Å²) in [7, 11) is 0. The lowest BCUT2D eigenvalue weighted by molar-refractivity contribution is -0.138. The molecule has 0 N–H and O–H groups in total. The van der Waals surface area contributed by atoms with Crippen molar-refractivity contribution in [1.82, 2.24) is 0 Å². The predicted molar refractivity (Wildman–Crippen MR) is 105 cm³/mol. The number of para-hydroxylation sites is 1. The molecule has 2 amide bonds. The van der Waals surface area contributed by atoms with E-state index in [9.17, 15) is 14.4 Å². The first-order valence-electron chi connectivity index (χ1n) is 9.38. The number of rotatable bonds is 4. The number of hydrogen-bond acceptors (Lipinski definition) is 5. The van der Waals surface area contributed by atoms with Crippen LogP contribution < -0.4 is 4.90 Å². The van der Waals surface area contributed by atoms with Crippen LogP contribution in [0.3, 0.4) is 0 Å². The van der Waals surface area contributed by atoms with Crippen molar-refractivity contribution in [2.45, 2.75) is 12.8 Å². The molecule has 0 saturated carbocycles. The smallest absolute Gasteiger partial charge is 0.334 e. The fourth-order valence-corrected chi connectivity index (χ4v) is 4.12. The minimum Gasteiger partial charge on any atom is -0.463 e. The van der Waals surface area contributed by atoms with Gasteiger partial charge in [-0.05, 0) is 36.8 Å². The van der Waals surface area contributed by atoms with Crippen molar-refractivity contribution < 1.29 is 19.1 Å². The Labute approximate surface area is 168 Å². The van der Waals surface area contributed by atoms with E-state index in [0.29, 0.717) is 22.4 Å². The number of benzene rings is 2. The van der Waals surface area contributed by atoms with Crippen LogP contribution in [0, 0.1) is 23.2 Å². The normalized spacial score (nSPS) is 22.8. The molecule has 4 rings (SSSR count). The molecule has 1 aliphatic heterocycles. The summed E-state index contributed by atoms with van der Waals surface area (Å²) in [5.41, 5.74) is 2.01. The van der Waals surface area contributed by atoms with Gasteiger partial charge in [-0.15, -0.1) is 0 Å². The topological polar surface area (TPSA) is 87.5 Å². The van der Waals surface area contributed by atoms with E-state index in [1.807, 2.05) is 6.07 Å². The van der Waals surface area contributed by atoms with Crippen molar-refractivity contribution in [3.05, 3.63) is 77.4 Å². The Bertz CT molecular complexity index is 1050. The van der Waals surface area contributed by atoms with Crippen LogP contribution in [0.2, 0.25) is 0 Å². The Balaban J connectivity index is 1.78. The molecule has 29 heavy (non-hydrogen) atoms. The minimum absolute atomic E-state index is 0.198. The fourth-order valence-electron chi connectivity index (χ4n) is 4.12. The summed E-state index contributed by atoms with van der Waals surface area (Å²) in [4.78, 5) is 40.1. The molecule has 3 atom stereocenters. The van der Waals surface area contributed by atoms with E-state index in [4.69, 9.17) is 10.00 Å². The van der Waals surface area contributed by atoms with Gasteiger partial charge in [-0.25, -0.2) is 9.69 Å². The van der Waals surface area contributed by atoms with Crippen LogP contribution in [0.5, 0.6) is 0 Å². The van der Waals surface area contributed by atoms with Crippen LogP contribution in [-0.2, 0) is 19.1 Å². The Morgan fingerprint density at radius 3 is 2.38 bits per heavy atom. The molecule has 1 saturated heterocycles. The summed E-state index contributed by atoms with van der Waals surface area (Å²) in [6.07, 6.45) is 1.58. The van der Waals surface area contributed by atoms with Crippen LogP contribution in [0.25, 0.3) is 0 Å². The molecule has 1 heterocycles. The molecule has 6 nitrogen and oxygen atoms in total. The van der Waals surface area contributed by atoms with Gasteiger partial charge in [0.15, 0.2) is 0 Å². The average Bonchev–Trinajstić information content (AvgIpc) is 3.25. The summed E-state index contributed by atoms with van der Waals surface area (Å²) in [6.45, 7) is 1.90. The number of nitrogens with zero attached hydrogens (tertiary/aromatic N) is 2. The summed E-state index contributed by atoms with van der Waals surface area (Å²) in [5.74, 6) is -3.24. The van der Waals surface area contributed by atoms with Crippen LogP contribution in [0.1, 0.15) is 24.0 Å². The van der Waals surface area contributed by atoms with Gasteiger partial charge in [0.2, 0.25) is 11.8 Å². The molecule has 0 unspecified atom stereocenters. The van der Waals surface area contributed by atoms with Gasteiger partial charge in [-0.1, -0.05) is 36.4 Å². The zero-order valence-electron chi connectivity index (χ0n) is 15.7. The number of fused-ring (bicyclic) bond motifs is 1. The molecule has 0 spiro atoms. The first-order valence-corrected chi connectivity index (χ1v) is 9.38. The standard InChI is InChI=1S/C23H18N2O4/c1-2-29-23(28)18-12-17-20(19(18)15-10-8-14(13-24)9-11-15)22(27)25(21(17)26)16-6-4-3-5-7-16/h3-12,17,19-20H,2H2,1H3/t17-,19-,20-/m0/s1. The summed E-state index contributed by atoms with van der Waals surface area (Å²) < 4.78 is 5.17. The summed E-state index contributed by atoms with van der Waals surface area (Å²) in [6, 6.07) is 17.6. The number of amides is 2. The number of imide groups is 1. The highest BCUT2D eigenvalue weighted by atomic mass is 16.5. The molecule has 0 radical (unpaired) electrons. The number of anilines is 1. The second kappa shape index (κ2) is 7.36. The van der Waals surface area contributed by atoms with Gasteiger partial charge in [-0.2, -0.15) is 5.26 Å². The molecule has 1 aliphatic carbocycles. The van der Waals surface area contributed by atoms with E-state index < -0.39 is 23.7 Å². The van der Waals surface area contributed by atoms with Gasteiger partial charge in [-0.3, -0.25) is 9.59 Å². The highest BCUT2D eigenvalue weighted by Crippen LogP contribution is 2.49. The van der Waals surface area contributed by atoms with Gasteiger partial charge in [0.25, 0.3) is 0 Å². The maximum Gasteiger partial charge on any atom is 0.334 e. The first-order chi connectivity index (χ1) is 14.1. The number of ether oxygens (including phenoxy) is 1. The van der Waals surface area contributed by atoms with E-state index in [0.717, 1.165) is 0 Å². The Morgan fingerprint density at radius 2 is 1.76 bits per heavy atom. The van der Waals surface area contributed by atoms with Crippen molar-refractivity contribution in [2.24, 2.45) is 11.8 Å². The van der Waals surface area contributed by atoms with Gasteiger partial charge in [0.1, 0.15) is 0 Å². The predicted octanol–water partition coefficient (Wildman–Crippen LogP) is 2.95. The maximum absolute atomic E-state index is 13.3. The van der Waals surface area contributed by atoms with Crippen molar-refractivity contribution in [3.63, 3.8) is 0 Å². The Kier molecular flexibility index (Phi) is 4.73. The minimum atomic E-state index is -0.720. The average molecular weight is 386 g/mol. The number of carbonyl (C=O) groups is 3. The first kappa shape index (κ1) is 18.6. The molecule has 2 aromatic carbocycles. The quantitative estimate of drug-likeness (QED) is 0.596. The largest absolute Gasteiger partial charge is 0.463 e. The molecule has 0 bridgehead atoms. The van der Waals surface area contributed by atoms with Crippen LogP contribution >= 0.6 is 0 Å². The van der Waals surface area contributed by atoms with E-state index in [1.54, 1.807) is 61.5 Å². The number of carbonyl (C=O) groups excluding carboxylic acids is 3. The number of nitriles is 1. The second-order valence-corrected chi connectivity index (χ2v) is 6.95. The van der Waals surface area contributed by atoms with Gasteiger partial charge in [0, 0.05) is 11.5 Å². The lowest BCUT2D eigenvalue weighted by atomic mass is 9.82. The monoisotopic (exact) mass is 386 g/mol. The van der Waals surface area contributed by atoms with Crippen molar-refractivity contribution in [1.29, 1.82) is 5.26 Å². The fraction of sp³-hybridized carbons (Fsp3) is 0.217. The molecule has 144 valence electrons. The summed E-state index contributed by atoms with van der Waals surface area (Å²) in [5, 5.41) is 9.05. The molecule has 6 heteroatoms. The molecular formula is C23H18N2O4. The summed E-state index contributed by atoms with van der Waals surface area (Å²) >= 11 is 0. The molecule has 1 fully saturated rings. The van der Waals surface area contributed by atoms with E-state index in [1.165, 1.54) is 4.90 Å². The zero-order chi connectivity index (χ0) is 20.5. The molecule has 0 aromatic heterocycles. The van der Waals surface area contributed by atoms with Crippen LogP contribution in [-0.4, -0.2) is 24.4 Å². The maximum atomic E-state index is 13.3. The number of hydrogen-bond donors (Lipinski definition) is 0. The SMILES string of the molecule is CCOC(=O)C1=C[C@@H]2C(=O)N(c3ccccc3)C(=O)[C@@H]2[C@H]1c1ccc(C#N)cc1.